The van der Waals surface area contributed by atoms with Crippen LogP contribution in [0.15, 0.2) is 77.7 Å². The molecule has 158 valence electrons. The van der Waals surface area contributed by atoms with Crippen molar-refractivity contribution >= 4 is 40.9 Å². The number of hydrogen-bond acceptors (Lipinski definition) is 5. The van der Waals surface area contributed by atoms with Crippen LogP contribution in [0, 0.1) is 0 Å². The van der Waals surface area contributed by atoms with Crippen LogP contribution in [-0.4, -0.2) is 30.6 Å². The van der Waals surface area contributed by atoms with E-state index in [1.54, 1.807) is 67.8 Å². The van der Waals surface area contributed by atoms with Crippen LogP contribution in [0.3, 0.4) is 0 Å². The summed E-state index contributed by atoms with van der Waals surface area (Å²) in [5.41, 5.74) is 7.14. The molecule has 0 aliphatic rings. The number of primary amides is 1. The molecule has 0 atom stereocenters. The standard InChI is InChI=1S/C23H21N3O4S/c1-30-17-10-6-15(7-11-17)23(29)25-16-8-12-18(13-9-16)31-14-21(27)26-20-5-3-2-4-19(20)22(24)28/h2-13H,14H2,1H3,(H2,24,28)(H,25,29)(H,26,27). The van der Waals surface area contributed by atoms with Crippen LogP contribution in [0.5, 0.6) is 5.75 Å². The van der Waals surface area contributed by atoms with E-state index in [1.165, 1.54) is 11.8 Å². The molecule has 0 bridgehead atoms. The zero-order valence-corrected chi connectivity index (χ0v) is 17.6. The molecule has 0 spiro atoms. The van der Waals surface area contributed by atoms with Crippen LogP contribution in [0.4, 0.5) is 11.4 Å². The summed E-state index contributed by atoms with van der Waals surface area (Å²) in [6, 6.07) is 20.6. The molecule has 0 saturated carbocycles. The van der Waals surface area contributed by atoms with Gasteiger partial charge >= 0.3 is 0 Å². The van der Waals surface area contributed by atoms with Gasteiger partial charge in [0.1, 0.15) is 5.75 Å². The number of hydrogen-bond donors (Lipinski definition) is 3. The van der Waals surface area contributed by atoms with Gasteiger partial charge in [0, 0.05) is 16.1 Å². The Hall–Kier alpha value is -3.78. The molecule has 4 N–H and O–H groups in total. The largest absolute Gasteiger partial charge is 0.497 e. The first-order chi connectivity index (χ1) is 15.0. The van der Waals surface area contributed by atoms with Crippen molar-refractivity contribution in [1.29, 1.82) is 0 Å². The average Bonchev–Trinajstić information content (AvgIpc) is 2.79. The Morgan fingerprint density at radius 1 is 0.903 bits per heavy atom. The van der Waals surface area contributed by atoms with Crippen LogP contribution in [0.25, 0.3) is 0 Å². The summed E-state index contributed by atoms with van der Waals surface area (Å²) in [6.45, 7) is 0. The third-order valence-corrected chi connectivity index (χ3v) is 5.31. The number of amides is 3. The Morgan fingerprint density at radius 3 is 2.23 bits per heavy atom. The highest BCUT2D eigenvalue weighted by Crippen LogP contribution is 2.22. The van der Waals surface area contributed by atoms with E-state index >= 15 is 0 Å². The zero-order chi connectivity index (χ0) is 22.2. The third kappa shape index (κ3) is 6.10. The minimum atomic E-state index is -0.601. The first-order valence-corrected chi connectivity index (χ1v) is 10.3. The molecule has 0 aliphatic carbocycles. The fourth-order valence-electron chi connectivity index (χ4n) is 2.72. The molecule has 31 heavy (non-hydrogen) atoms. The molecule has 3 rings (SSSR count). The highest BCUT2D eigenvalue weighted by Gasteiger charge is 2.11. The summed E-state index contributed by atoms with van der Waals surface area (Å²) in [4.78, 5) is 36.8. The highest BCUT2D eigenvalue weighted by atomic mass is 32.2. The first-order valence-electron chi connectivity index (χ1n) is 9.33. The number of thioether (sulfide) groups is 1. The molecule has 3 aromatic rings. The number of carbonyl (C=O) groups excluding carboxylic acids is 3. The number of ether oxygens (including phenoxy) is 1. The normalized spacial score (nSPS) is 10.2. The van der Waals surface area contributed by atoms with Gasteiger partial charge in [-0.15, -0.1) is 11.8 Å². The Labute approximate surface area is 184 Å². The van der Waals surface area contributed by atoms with Gasteiger partial charge in [0.2, 0.25) is 5.91 Å². The number of para-hydroxylation sites is 1. The quantitative estimate of drug-likeness (QED) is 0.467. The number of benzene rings is 3. The summed E-state index contributed by atoms with van der Waals surface area (Å²) in [7, 11) is 1.57. The van der Waals surface area contributed by atoms with Gasteiger partial charge in [-0.2, -0.15) is 0 Å². The lowest BCUT2D eigenvalue weighted by Crippen LogP contribution is -2.19. The smallest absolute Gasteiger partial charge is 0.255 e. The Bertz CT molecular complexity index is 1080. The lowest BCUT2D eigenvalue weighted by molar-refractivity contribution is -0.113. The van der Waals surface area contributed by atoms with Crippen LogP contribution in [-0.2, 0) is 4.79 Å². The van der Waals surface area contributed by atoms with Crippen molar-refractivity contribution in [3.05, 3.63) is 83.9 Å². The van der Waals surface area contributed by atoms with E-state index in [2.05, 4.69) is 10.6 Å². The van der Waals surface area contributed by atoms with Crippen LogP contribution in [0.2, 0.25) is 0 Å². The maximum atomic E-state index is 12.3. The molecule has 0 aromatic heterocycles. The molecule has 0 radical (unpaired) electrons. The topological polar surface area (TPSA) is 111 Å². The summed E-state index contributed by atoms with van der Waals surface area (Å²) >= 11 is 1.34. The summed E-state index contributed by atoms with van der Waals surface area (Å²) in [5, 5.41) is 5.52. The van der Waals surface area contributed by atoms with Crippen molar-refractivity contribution in [3.8, 4) is 5.75 Å². The maximum Gasteiger partial charge on any atom is 0.255 e. The molecule has 0 fully saturated rings. The van der Waals surface area contributed by atoms with E-state index in [0.717, 1.165) is 4.90 Å². The maximum absolute atomic E-state index is 12.3. The van der Waals surface area contributed by atoms with Crippen molar-refractivity contribution in [2.75, 3.05) is 23.5 Å². The first kappa shape index (κ1) is 21.9. The van der Waals surface area contributed by atoms with Crippen molar-refractivity contribution in [3.63, 3.8) is 0 Å². The van der Waals surface area contributed by atoms with Crippen LogP contribution >= 0.6 is 11.8 Å². The molecular formula is C23H21N3O4S. The molecule has 8 heteroatoms. The summed E-state index contributed by atoms with van der Waals surface area (Å²) in [5.74, 6) is -0.243. The van der Waals surface area contributed by atoms with Gasteiger partial charge in [-0.05, 0) is 60.7 Å². The highest BCUT2D eigenvalue weighted by molar-refractivity contribution is 8.00. The lowest BCUT2D eigenvalue weighted by atomic mass is 10.1. The number of methoxy groups -OCH3 is 1. The van der Waals surface area contributed by atoms with Gasteiger partial charge in [0.25, 0.3) is 11.8 Å². The van der Waals surface area contributed by atoms with Crippen molar-refractivity contribution < 1.29 is 19.1 Å². The van der Waals surface area contributed by atoms with E-state index in [4.69, 9.17) is 10.5 Å². The van der Waals surface area contributed by atoms with Gasteiger partial charge < -0.3 is 21.1 Å². The average molecular weight is 436 g/mol. The second-order valence-electron chi connectivity index (χ2n) is 6.45. The molecule has 0 heterocycles. The second-order valence-corrected chi connectivity index (χ2v) is 7.50. The van der Waals surface area contributed by atoms with Crippen LogP contribution < -0.4 is 21.1 Å². The van der Waals surface area contributed by atoms with E-state index in [0.29, 0.717) is 22.7 Å². The fourth-order valence-corrected chi connectivity index (χ4v) is 3.42. The Kier molecular flexibility index (Phi) is 7.29. The molecule has 3 aromatic carbocycles. The van der Waals surface area contributed by atoms with E-state index in [1.807, 2.05) is 12.1 Å². The second kappa shape index (κ2) is 10.3. The number of nitrogens with two attached hydrogens (primary N) is 1. The molecule has 0 unspecified atom stereocenters. The van der Waals surface area contributed by atoms with Crippen molar-refractivity contribution in [1.82, 2.24) is 0 Å². The molecule has 3 amide bonds. The number of nitrogens with one attached hydrogen (secondary N) is 2. The van der Waals surface area contributed by atoms with Crippen molar-refractivity contribution in [2.24, 2.45) is 5.73 Å². The van der Waals surface area contributed by atoms with Gasteiger partial charge in [-0.1, -0.05) is 12.1 Å². The number of anilines is 2. The minimum Gasteiger partial charge on any atom is -0.497 e. The number of carbonyl (C=O) groups is 3. The predicted octanol–water partition coefficient (Wildman–Crippen LogP) is 3.78. The van der Waals surface area contributed by atoms with Gasteiger partial charge in [-0.25, -0.2) is 0 Å². The lowest BCUT2D eigenvalue weighted by Gasteiger charge is -2.09. The monoisotopic (exact) mass is 435 g/mol. The fraction of sp³-hybridized carbons (Fsp3) is 0.0870. The van der Waals surface area contributed by atoms with Gasteiger partial charge in [0.15, 0.2) is 0 Å². The molecule has 7 nitrogen and oxygen atoms in total. The van der Waals surface area contributed by atoms with Crippen LogP contribution in [0.1, 0.15) is 20.7 Å². The van der Waals surface area contributed by atoms with E-state index < -0.39 is 5.91 Å². The minimum absolute atomic E-state index is 0.157. The van der Waals surface area contributed by atoms with E-state index in [9.17, 15) is 14.4 Å². The predicted molar refractivity (Wildman–Crippen MR) is 122 cm³/mol. The zero-order valence-electron chi connectivity index (χ0n) is 16.8. The van der Waals surface area contributed by atoms with Gasteiger partial charge in [0.05, 0.1) is 24.1 Å². The summed E-state index contributed by atoms with van der Waals surface area (Å²) < 4.78 is 5.09. The summed E-state index contributed by atoms with van der Waals surface area (Å²) in [6.07, 6.45) is 0. The van der Waals surface area contributed by atoms with Crippen molar-refractivity contribution in [2.45, 2.75) is 4.90 Å². The third-order valence-electron chi connectivity index (χ3n) is 4.30. The molecular weight excluding hydrogens is 414 g/mol. The Balaban J connectivity index is 1.53. The van der Waals surface area contributed by atoms with E-state index in [-0.39, 0.29) is 23.1 Å². The van der Waals surface area contributed by atoms with Gasteiger partial charge in [-0.3, -0.25) is 14.4 Å². The Morgan fingerprint density at radius 2 is 1.58 bits per heavy atom. The molecule has 0 aliphatic heterocycles. The SMILES string of the molecule is COc1ccc(C(=O)Nc2ccc(SCC(=O)Nc3ccccc3C(N)=O)cc2)cc1. The molecule has 0 saturated heterocycles. The number of rotatable bonds is 8.